The molecule has 3 N–H and O–H groups in total. The highest BCUT2D eigenvalue weighted by molar-refractivity contribution is 5.82. The summed E-state index contributed by atoms with van der Waals surface area (Å²) in [6.45, 7) is 1.05. The summed E-state index contributed by atoms with van der Waals surface area (Å²) in [6, 6.07) is 7.50. The van der Waals surface area contributed by atoms with Crippen LogP contribution in [-0.4, -0.2) is 43.4 Å². The Morgan fingerprint density at radius 3 is 3.00 bits per heavy atom. The Kier molecular flexibility index (Phi) is 4.76. The van der Waals surface area contributed by atoms with E-state index in [-0.39, 0.29) is 11.9 Å². The zero-order valence-corrected chi connectivity index (χ0v) is 11.1. The van der Waals surface area contributed by atoms with Gasteiger partial charge >= 0.3 is 0 Å². The first-order chi connectivity index (χ1) is 9.20. The molecule has 0 aromatic heterocycles. The highest BCUT2D eigenvalue weighted by Crippen LogP contribution is 2.17. The van der Waals surface area contributed by atoms with Gasteiger partial charge in [0.15, 0.2) is 0 Å². The van der Waals surface area contributed by atoms with E-state index in [9.17, 15) is 9.90 Å². The molecule has 2 unspecified atom stereocenters. The number of hydrogen-bond donors (Lipinski definition) is 3. The van der Waals surface area contributed by atoms with E-state index in [0.29, 0.717) is 19.5 Å². The molecule has 2 atom stereocenters. The summed E-state index contributed by atoms with van der Waals surface area (Å²) < 4.78 is 5.26. The normalized spacial score (nSPS) is 22.2. The molecule has 1 aromatic rings. The van der Waals surface area contributed by atoms with Crippen LogP contribution in [0, 0.1) is 0 Å². The quantitative estimate of drug-likeness (QED) is 0.704. The molecule has 0 aliphatic carbocycles. The van der Waals surface area contributed by atoms with Crippen LogP contribution in [0.4, 0.5) is 0 Å². The largest absolute Gasteiger partial charge is 0.496 e. The molecule has 1 aliphatic heterocycles. The average molecular weight is 264 g/mol. The molecule has 1 heterocycles. The van der Waals surface area contributed by atoms with Gasteiger partial charge in [-0.15, -0.1) is 0 Å². The molecular formula is C14H20N2O3. The number of β-amino-alcohol motifs (C(OH)–C–C–N with tert-alkyl or cyclic N) is 1. The highest BCUT2D eigenvalue weighted by atomic mass is 16.5. The van der Waals surface area contributed by atoms with Crippen molar-refractivity contribution in [1.82, 2.24) is 10.6 Å². The molecule has 2 rings (SSSR count). The lowest BCUT2D eigenvalue weighted by Crippen LogP contribution is -2.41. The van der Waals surface area contributed by atoms with Gasteiger partial charge in [-0.1, -0.05) is 18.2 Å². The first-order valence-electron chi connectivity index (χ1n) is 6.51. The van der Waals surface area contributed by atoms with Crippen LogP contribution in [-0.2, 0) is 11.2 Å². The number of hydrogen-bond acceptors (Lipinski definition) is 4. The van der Waals surface area contributed by atoms with E-state index in [0.717, 1.165) is 17.7 Å². The number of ether oxygens (including phenoxy) is 1. The monoisotopic (exact) mass is 264 g/mol. The van der Waals surface area contributed by atoms with Crippen LogP contribution in [0.15, 0.2) is 24.3 Å². The maximum absolute atomic E-state index is 11.8. The Morgan fingerprint density at radius 1 is 1.53 bits per heavy atom. The minimum atomic E-state index is -0.412. The number of carbonyl (C=O) groups excluding carboxylic acids is 1. The van der Waals surface area contributed by atoms with Gasteiger partial charge in [-0.3, -0.25) is 4.79 Å². The van der Waals surface area contributed by atoms with Crippen LogP contribution in [0.25, 0.3) is 0 Å². The van der Waals surface area contributed by atoms with E-state index in [1.807, 2.05) is 24.3 Å². The van der Waals surface area contributed by atoms with Crippen LogP contribution >= 0.6 is 0 Å². The number of aliphatic hydroxyl groups excluding tert-OH is 1. The molecule has 1 aliphatic rings. The fraction of sp³-hybridized carbons (Fsp3) is 0.500. The summed E-state index contributed by atoms with van der Waals surface area (Å²) >= 11 is 0. The molecule has 1 fully saturated rings. The summed E-state index contributed by atoms with van der Waals surface area (Å²) in [5, 5.41) is 15.2. The summed E-state index contributed by atoms with van der Waals surface area (Å²) in [6.07, 6.45) is 0.802. The summed E-state index contributed by atoms with van der Waals surface area (Å²) in [4.78, 5) is 11.8. The molecule has 5 heteroatoms. The maximum atomic E-state index is 11.8. The van der Waals surface area contributed by atoms with E-state index >= 15 is 0 Å². The zero-order valence-electron chi connectivity index (χ0n) is 11.1. The first kappa shape index (κ1) is 13.8. The first-order valence-corrected chi connectivity index (χ1v) is 6.51. The van der Waals surface area contributed by atoms with Gasteiger partial charge in [0.25, 0.3) is 0 Å². The van der Waals surface area contributed by atoms with E-state index in [2.05, 4.69) is 10.6 Å². The van der Waals surface area contributed by atoms with Crippen molar-refractivity contribution in [3.63, 3.8) is 0 Å². The van der Waals surface area contributed by atoms with Crippen molar-refractivity contribution in [2.45, 2.75) is 25.0 Å². The van der Waals surface area contributed by atoms with Crippen molar-refractivity contribution in [2.24, 2.45) is 0 Å². The van der Waals surface area contributed by atoms with Gasteiger partial charge in [-0.25, -0.2) is 0 Å². The van der Waals surface area contributed by atoms with Crippen LogP contribution in [0.2, 0.25) is 0 Å². The number of benzene rings is 1. The van der Waals surface area contributed by atoms with E-state index in [1.165, 1.54) is 0 Å². The number of para-hydroxylation sites is 1. The standard InChI is InChI=1S/C14H20N2O3/c1-19-13-5-3-2-4-10(13)6-7-15-14(18)12-8-11(17)9-16-12/h2-5,11-12,16-17H,6-9H2,1H3,(H,15,18). The van der Waals surface area contributed by atoms with Crippen LogP contribution in [0.3, 0.4) is 0 Å². The smallest absolute Gasteiger partial charge is 0.237 e. The summed E-state index contributed by atoms with van der Waals surface area (Å²) in [7, 11) is 1.64. The molecule has 5 nitrogen and oxygen atoms in total. The molecule has 0 radical (unpaired) electrons. The van der Waals surface area contributed by atoms with Crippen LogP contribution in [0.1, 0.15) is 12.0 Å². The third-order valence-electron chi connectivity index (χ3n) is 3.31. The lowest BCUT2D eigenvalue weighted by molar-refractivity contribution is -0.122. The Labute approximate surface area is 113 Å². The number of methoxy groups -OCH3 is 1. The topological polar surface area (TPSA) is 70.6 Å². The average Bonchev–Trinajstić information content (AvgIpc) is 2.86. The van der Waals surface area contributed by atoms with Crippen molar-refractivity contribution in [1.29, 1.82) is 0 Å². The van der Waals surface area contributed by atoms with Crippen molar-refractivity contribution in [3.8, 4) is 5.75 Å². The van der Waals surface area contributed by atoms with E-state index < -0.39 is 6.10 Å². The van der Waals surface area contributed by atoms with Crippen molar-refractivity contribution < 1.29 is 14.6 Å². The van der Waals surface area contributed by atoms with Gasteiger partial charge in [0.1, 0.15) is 5.75 Å². The predicted octanol–water partition coefficient (Wildman–Crippen LogP) is 0.0767. The Balaban J connectivity index is 1.78. The van der Waals surface area contributed by atoms with Gasteiger partial charge in [0, 0.05) is 13.1 Å². The van der Waals surface area contributed by atoms with E-state index in [4.69, 9.17) is 4.74 Å². The number of aliphatic hydroxyl groups is 1. The molecule has 0 saturated carbocycles. The number of carbonyl (C=O) groups is 1. The predicted molar refractivity (Wildman–Crippen MR) is 72.1 cm³/mol. The number of amides is 1. The molecule has 1 aromatic carbocycles. The fourth-order valence-electron chi connectivity index (χ4n) is 2.27. The van der Waals surface area contributed by atoms with Gasteiger partial charge in [-0.05, 0) is 24.5 Å². The highest BCUT2D eigenvalue weighted by Gasteiger charge is 2.27. The zero-order chi connectivity index (χ0) is 13.7. The van der Waals surface area contributed by atoms with Crippen LogP contribution in [0.5, 0.6) is 5.75 Å². The van der Waals surface area contributed by atoms with E-state index in [1.54, 1.807) is 7.11 Å². The second-order valence-corrected chi connectivity index (χ2v) is 4.70. The maximum Gasteiger partial charge on any atom is 0.237 e. The lowest BCUT2D eigenvalue weighted by Gasteiger charge is -2.12. The third-order valence-corrected chi connectivity index (χ3v) is 3.31. The van der Waals surface area contributed by atoms with Crippen molar-refractivity contribution in [2.75, 3.05) is 20.2 Å². The Hall–Kier alpha value is -1.59. The molecular weight excluding hydrogens is 244 g/mol. The van der Waals surface area contributed by atoms with Gasteiger partial charge in [-0.2, -0.15) is 0 Å². The fourth-order valence-corrected chi connectivity index (χ4v) is 2.27. The molecule has 19 heavy (non-hydrogen) atoms. The van der Waals surface area contributed by atoms with Crippen molar-refractivity contribution >= 4 is 5.91 Å². The summed E-state index contributed by atoms with van der Waals surface area (Å²) in [5.41, 5.74) is 1.07. The van der Waals surface area contributed by atoms with Gasteiger partial charge in [0.2, 0.25) is 5.91 Å². The molecule has 104 valence electrons. The van der Waals surface area contributed by atoms with Crippen LogP contribution < -0.4 is 15.4 Å². The number of nitrogens with one attached hydrogen (secondary N) is 2. The molecule has 1 saturated heterocycles. The number of rotatable bonds is 5. The second-order valence-electron chi connectivity index (χ2n) is 4.70. The second kappa shape index (κ2) is 6.54. The minimum Gasteiger partial charge on any atom is -0.496 e. The minimum absolute atomic E-state index is 0.0496. The molecule has 1 amide bonds. The van der Waals surface area contributed by atoms with Crippen molar-refractivity contribution in [3.05, 3.63) is 29.8 Å². The molecule has 0 bridgehead atoms. The van der Waals surface area contributed by atoms with Gasteiger partial charge < -0.3 is 20.5 Å². The Bertz CT molecular complexity index is 436. The molecule has 0 spiro atoms. The summed E-state index contributed by atoms with van der Waals surface area (Å²) in [5.74, 6) is 0.789. The third kappa shape index (κ3) is 3.68. The van der Waals surface area contributed by atoms with Gasteiger partial charge in [0.05, 0.1) is 19.3 Å². The lowest BCUT2D eigenvalue weighted by atomic mass is 10.1. The SMILES string of the molecule is COc1ccccc1CCNC(=O)C1CC(O)CN1. The Morgan fingerprint density at radius 2 is 2.32 bits per heavy atom.